The van der Waals surface area contributed by atoms with Gasteiger partial charge in [0, 0.05) is 20.1 Å². The van der Waals surface area contributed by atoms with Crippen molar-refractivity contribution in [1.29, 1.82) is 0 Å². The van der Waals surface area contributed by atoms with Crippen LogP contribution in [-0.2, 0) is 33.3 Å². The molecule has 0 spiro atoms. The van der Waals surface area contributed by atoms with E-state index in [1.54, 1.807) is 0 Å². The van der Waals surface area contributed by atoms with Crippen molar-refractivity contribution in [1.82, 2.24) is 0 Å². The molecule has 0 aromatic rings. The summed E-state index contributed by atoms with van der Waals surface area (Å²) in [5.74, 6) is -1.68. The van der Waals surface area contributed by atoms with Crippen molar-refractivity contribution in [3.63, 3.8) is 0 Å². The summed E-state index contributed by atoms with van der Waals surface area (Å²) in [5.41, 5.74) is 0. The molecule has 124 valence electrons. The molecule has 0 unspecified atom stereocenters. The van der Waals surface area contributed by atoms with E-state index < -0.39 is 42.4 Å². The van der Waals surface area contributed by atoms with Crippen molar-refractivity contribution in [3.8, 4) is 0 Å². The van der Waals surface area contributed by atoms with Gasteiger partial charge in [-0.1, -0.05) is 0 Å². The van der Waals surface area contributed by atoms with Gasteiger partial charge in [0.05, 0.1) is 25.6 Å². The van der Waals surface area contributed by atoms with E-state index in [0.717, 1.165) is 0 Å². The molecule has 22 heavy (non-hydrogen) atoms. The third kappa shape index (κ3) is 2.50. The standard InChI is InChI=1S/C14H20O8/c1-18-4-7(15)12-13-10(14(17)22-12)6-3-9(16)20-8(5-19-2)11(6)21-13/h6-8,10-13,15H,3-5H2,1-2H3/t6-,7+,8-,10-,11+,12-,13+/m1/s1. The second kappa shape index (κ2) is 6.11. The van der Waals surface area contributed by atoms with Crippen LogP contribution in [0, 0.1) is 11.8 Å². The zero-order valence-electron chi connectivity index (χ0n) is 12.5. The summed E-state index contributed by atoms with van der Waals surface area (Å²) in [6, 6.07) is 0. The predicted octanol–water partition coefficient (Wildman–Crippen LogP) is -1.12. The van der Waals surface area contributed by atoms with E-state index in [4.69, 9.17) is 23.7 Å². The lowest BCUT2D eigenvalue weighted by Crippen LogP contribution is -2.46. The van der Waals surface area contributed by atoms with Crippen LogP contribution in [0.15, 0.2) is 0 Å². The van der Waals surface area contributed by atoms with Gasteiger partial charge in [-0.15, -0.1) is 0 Å². The number of hydrogen-bond donors (Lipinski definition) is 1. The average Bonchev–Trinajstić information content (AvgIpc) is 2.98. The van der Waals surface area contributed by atoms with Gasteiger partial charge in [-0.2, -0.15) is 0 Å². The van der Waals surface area contributed by atoms with E-state index in [2.05, 4.69) is 0 Å². The van der Waals surface area contributed by atoms with E-state index in [1.165, 1.54) is 14.2 Å². The molecule has 0 amide bonds. The van der Waals surface area contributed by atoms with Crippen LogP contribution in [0.3, 0.4) is 0 Å². The molecule has 3 saturated heterocycles. The number of fused-ring (bicyclic) bond motifs is 3. The first-order chi connectivity index (χ1) is 10.6. The number of rotatable bonds is 5. The van der Waals surface area contributed by atoms with Crippen LogP contribution >= 0.6 is 0 Å². The molecule has 3 rings (SSSR count). The Labute approximate surface area is 127 Å². The third-order valence-corrected chi connectivity index (χ3v) is 4.50. The van der Waals surface area contributed by atoms with Gasteiger partial charge in [-0.05, 0) is 0 Å². The van der Waals surface area contributed by atoms with Crippen LogP contribution in [0.5, 0.6) is 0 Å². The largest absolute Gasteiger partial charge is 0.457 e. The molecule has 0 aromatic heterocycles. The van der Waals surface area contributed by atoms with Crippen molar-refractivity contribution in [3.05, 3.63) is 0 Å². The fraction of sp³-hybridized carbons (Fsp3) is 0.857. The number of aliphatic hydroxyl groups excluding tert-OH is 1. The number of esters is 2. The zero-order chi connectivity index (χ0) is 15.9. The monoisotopic (exact) mass is 316 g/mol. The molecule has 3 fully saturated rings. The number of methoxy groups -OCH3 is 2. The molecule has 3 aliphatic rings. The van der Waals surface area contributed by atoms with Crippen LogP contribution in [0.25, 0.3) is 0 Å². The van der Waals surface area contributed by atoms with Gasteiger partial charge in [0.15, 0.2) is 12.2 Å². The number of carbonyl (C=O) groups excluding carboxylic acids is 2. The van der Waals surface area contributed by atoms with Crippen molar-refractivity contribution < 1.29 is 38.4 Å². The summed E-state index contributed by atoms with van der Waals surface area (Å²) in [4.78, 5) is 23.9. The fourth-order valence-corrected chi connectivity index (χ4v) is 3.62. The van der Waals surface area contributed by atoms with E-state index in [1.807, 2.05) is 0 Å². The highest BCUT2D eigenvalue weighted by Crippen LogP contribution is 2.46. The molecule has 3 heterocycles. The fourth-order valence-electron chi connectivity index (χ4n) is 3.62. The molecule has 1 N–H and O–H groups in total. The van der Waals surface area contributed by atoms with Crippen molar-refractivity contribution in [2.24, 2.45) is 11.8 Å². The van der Waals surface area contributed by atoms with Gasteiger partial charge in [-0.25, -0.2) is 0 Å². The van der Waals surface area contributed by atoms with E-state index in [-0.39, 0.29) is 31.5 Å². The average molecular weight is 316 g/mol. The highest BCUT2D eigenvalue weighted by atomic mass is 16.6. The van der Waals surface area contributed by atoms with Crippen LogP contribution < -0.4 is 0 Å². The lowest BCUT2D eigenvalue weighted by atomic mass is 9.81. The van der Waals surface area contributed by atoms with Crippen LogP contribution in [0.1, 0.15) is 6.42 Å². The highest BCUT2D eigenvalue weighted by Gasteiger charge is 2.62. The van der Waals surface area contributed by atoms with Gasteiger partial charge in [0.1, 0.15) is 18.3 Å². The molecule has 7 atom stereocenters. The molecule has 8 heteroatoms. The predicted molar refractivity (Wildman–Crippen MR) is 69.8 cm³/mol. The van der Waals surface area contributed by atoms with Crippen molar-refractivity contribution >= 4 is 11.9 Å². The molecular formula is C14H20O8. The first-order valence-corrected chi connectivity index (χ1v) is 7.28. The molecule has 0 radical (unpaired) electrons. The van der Waals surface area contributed by atoms with E-state index >= 15 is 0 Å². The van der Waals surface area contributed by atoms with Crippen molar-refractivity contribution in [2.45, 2.75) is 36.9 Å². The quantitative estimate of drug-likeness (QED) is 0.637. The molecule has 0 bridgehead atoms. The molecule has 3 aliphatic heterocycles. The van der Waals surface area contributed by atoms with Crippen molar-refractivity contribution in [2.75, 3.05) is 27.4 Å². The van der Waals surface area contributed by atoms with Gasteiger partial charge < -0.3 is 28.8 Å². The summed E-state index contributed by atoms with van der Waals surface area (Å²) in [7, 11) is 2.96. The molecule has 0 aliphatic carbocycles. The number of aliphatic hydroxyl groups is 1. The minimum Gasteiger partial charge on any atom is -0.457 e. The molecule has 8 nitrogen and oxygen atoms in total. The van der Waals surface area contributed by atoms with Gasteiger partial charge >= 0.3 is 11.9 Å². The smallest absolute Gasteiger partial charge is 0.312 e. The number of ether oxygens (including phenoxy) is 5. The minimum absolute atomic E-state index is 0.0385. The normalized spacial score (nSPS) is 41.6. The Morgan fingerprint density at radius 3 is 2.68 bits per heavy atom. The number of cyclic esters (lactones) is 2. The topological polar surface area (TPSA) is 101 Å². The Morgan fingerprint density at radius 2 is 2.00 bits per heavy atom. The van der Waals surface area contributed by atoms with Crippen LogP contribution in [0.2, 0.25) is 0 Å². The lowest BCUT2D eigenvalue weighted by molar-refractivity contribution is -0.184. The van der Waals surface area contributed by atoms with E-state index in [9.17, 15) is 14.7 Å². The SMILES string of the molecule is COC[C@H](O)[C@H]1OC(=O)[C@@H]2[C@H]3CC(=O)O[C@H](COC)[C@H]3O[C@H]12. The Kier molecular flexibility index (Phi) is 4.35. The number of carbonyl (C=O) groups is 2. The Balaban J connectivity index is 1.81. The maximum absolute atomic E-state index is 12.2. The van der Waals surface area contributed by atoms with E-state index in [0.29, 0.717) is 0 Å². The Bertz CT molecular complexity index is 452. The second-order valence-electron chi connectivity index (χ2n) is 5.87. The van der Waals surface area contributed by atoms with Crippen LogP contribution in [-0.4, -0.2) is 75.0 Å². The Hall–Kier alpha value is -1.22. The third-order valence-electron chi connectivity index (χ3n) is 4.50. The lowest BCUT2D eigenvalue weighted by Gasteiger charge is -2.33. The van der Waals surface area contributed by atoms with Crippen LogP contribution in [0.4, 0.5) is 0 Å². The summed E-state index contributed by atoms with van der Waals surface area (Å²) < 4.78 is 26.4. The summed E-state index contributed by atoms with van der Waals surface area (Å²) in [6.45, 7) is 0.240. The maximum Gasteiger partial charge on any atom is 0.312 e. The minimum atomic E-state index is -0.971. The van der Waals surface area contributed by atoms with Gasteiger partial charge in [-0.3, -0.25) is 9.59 Å². The molecular weight excluding hydrogens is 296 g/mol. The first-order valence-electron chi connectivity index (χ1n) is 7.28. The molecule has 0 aromatic carbocycles. The molecule has 0 saturated carbocycles. The second-order valence-corrected chi connectivity index (χ2v) is 5.87. The Morgan fingerprint density at radius 1 is 1.23 bits per heavy atom. The summed E-state index contributed by atoms with van der Waals surface area (Å²) in [6.07, 6.45) is -3.22. The number of hydrogen-bond acceptors (Lipinski definition) is 8. The van der Waals surface area contributed by atoms with Gasteiger partial charge in [0.25, 0.3) is 0 Å². The van der Waals surface area contributed by atoms with Gasteiger partial charge in [0.2, 0.25) is 0 Å². The zero-order valence-corrected chi connectivity index (χ0v) is 12.5. The highest BCUT2D eigenvalue weighted by molar-refractivity contribution is 5.79. The summed E-state index contributed by atoms with van der Waals surface area (Å²) >= 11 is 0. The maximum atomic E-state index is 12.2. The first kappa shape index (κ1) is 15.7. The summed E-state index contributed by atoms with van der Waals surface area (Å²) in [5, 5.41) is 10.1.